The predicted octanol–water partition coefficient (Wildman–Crippen LogP) is -0.434. The Morgan fingerprint density at radius 3 is 2.73 bits per heavy atom. The molecule has 2 saturated heterocycles. The van der Waals surface area contributed by atoms with Gasteiger partial charge in [0.1, 0.15) is 11.9 Å². The number of aromatic nitrogens is 2. The number of imidazole rings is 1. The van der Waals surface area contributed by atoms with E-state index < -0.39 is 0 Å². The van der Waals surface area contributed by atoms with Gasteiger partial charge in [0.2, 0.25) is 0 Å². The van der Waals surface area contributed by atoms with E-state index in [4.69, 9.17) is 4.74 Å². The number of likely N-dealkylation sites (N-methyl/N-ethyl adjacent to an activating group) is 2. The van der Waals surface area contributed by atoms with Crippen LogP contribution in [0.25, 0.3) is 0 Å². The fourth-order valence-electron chi connectivity index (χ4n) is 3.18. The highest BCUT2D eigenvalue weighted by molar-refractivity contribution is 5.81. The molecule has 22 heavy (non-hydrogen) atoms. The molecule has 7 heteroatoms. The van der Waals surface area contributed by atoms with Crippen LogP contribution >= 0.6 is 0 Å². The molecule has 3 rings (SSSR count). The van der Waals surface area contributed by atoms with Gasteiger partial charge < -0.3 is 19.1 Å². The van der Waals surface area contributed by atoms with E-state index in [0.29, 0.717) is 19.7 Å². The topological polar surface area (TPSA) is 53.8 Å². The summed E-state index contributed by atoms with van der Waals surface area (Å²) in [5.74, 6) is 1.11. The van der Waals surface area contributed by atoms with Gasteiger partial charge >= 0.3 is 0 Å². The summed E-state index contributed by atoms with van der Waals surface area (Å²) in [4.78, 5) is 23.5. The Bertz CT molecular complexity index is 532. The largest absolute Gasteiger partial charge is 0.366 e. The van der Waals surface area contributed by atoms with Gasteiger partial charge in [-0.25, -0.2) is 4.98 Å². The summed E-state index contributed by atoms with van der Waals surface area (Å²) >= 11 is 0. The third-order valence-corrected chi connectivity index (χ3v) is 4.66. The van der Waals surface area contributed by atoms with Gasteiger partial charge in [-0.1, -0.05) is 0 Å². The fraction of sp³-hybridized carbons (Fsp3) is 0.733. The molecule has 0 saturated carbocycles. The van der Waals surface area contributed by atoms with Crippen molar-refractivity contribution in [3.8, 4) is 0 Å². The summed E-state index contributed by atoms with van der Waals surface area (Å²) in [5.41, 5.74) is 0. The Morgan fingerprint density at radius 1 is 1.23 bits per heavy atom. The van der Waals surface area contributed by atoms with Gasteiger partial charge in [-0.05, 0) is 14.1 Å². The van der Waals surface area contributed by atoms with Gasteiger partial charge in [-0.2, -0.15) is 0 Å². The summed E-state index contributed by atoms with van der Waals surface area (Å²) in [6.45, 7) is 4.47. The fourth-order valence-corrected chi connectivity index (χ4v) is 3.18. The molecule has 122 valence electrons. The number of hydrogen-bond acceptors (Lipinski definition) is 5. The maximum Gasteiger partial charge on any atom is 0.253 e. The van der Waals surface area contributed by atoms with Crippen molar-refractivity contribution in [3.63, 3.8) is 0 Å². The summed E-state index contributed by atoms with van der Waals surface area (Å²) < 4.78 is 7.70. The van der Waals surface area contributed by atoms with E-state index >= 15 is 0 Å². The van der Waals surface area contributed by atoms with Crippen molar-refractivity contribution in [2.75, 3.05) is 53.4 Å². The van der Waals surface area contributed by atoms with Crippen molar-refractivity contribution in [3.05, 3.63) is 18.2 Å². The first-order valence-electron chi connectivity index (χ1n) is 7.82. The van der Waals surface area contributed by atoms with Crippen LogP contribution in [0, 0.1) is 0 Å². The second kappa shape index (κ2) is 6.36. The molecule has 1 aromatic rings. The highest BCUT2D eigenvalue weighted by atomic mass is 16.5. The van der Waals surface area contributed by atoms with Crippen molar-refractivity contribution in [1.82, 2.24) is 24.3 Å². The summed E-state index contributed by atoms with van der Waals surface area (Å²) in [6.07, 6.45) is 3.43. The van der Waals surface area contributed by atoms with E-state index in [-0.39, 0.29) is 18.1 Å². The average Bonchev–Trinajstić information content (AvgIpc) is 2.93. The highest BCUT2D eigenvalue weighted by Crippen LogP contribution is 2.23. The number of carbonyl (C=O) groups is 1. The number of hydrogen-bond donors (Lipinski definition) is 0. The van der Waals surface area contributed by atoms with E-state index in [1.807, 2.05) is 36.0 Å². The van der Waals surface area contributed by atoms with Crippen LogP contribution in [0.1, 0.15) is 11.9 Å². The lowest BCUT2D eigenvalue weighted by Crippen LogP contribution is -2.55. The number of carbonyl (C=O) groups excluding carboxylic acids is 1. The minimum atomic E-state index is -0.329. The molecule has 2 aliphatic rings. The predicted molar refractivity (Wildman–Crippen MR) is 82.4 cm³/mol. The third kappa shape index (κ3) is 3.02. The Morgan fingerprint density at radius 2 is 2.05 bits per heavy atom. The van der Waals surface area contributed by atoms with Gasteiger partial charge in [0.15, 0.2) is 0 Å². The maximum absolute atomic E-state index is 12.7. The van der Waals surface area contributed by atoms with Gasteiger partial charge in [0.05, 0.1) is 12.6 Å². The highest BCUT2D eigenvalue weighted by Gasteiger charge is 2.35. The Balaban J connectivity index is 1.70. The zero-order chi connectivity index (χ0) is 15.7. The molecule has 0 bridgehead atoms. The number of morpholine rings is 1. The van der Waals surface area contributed by atoms with Crippen LogP contribution in [0.3, 0.4) is 0 Å². The molecule has 0 aliphatic carbocycles. The lowest BCUT2D eigenvalue weighted by molar-refractivity contribution is -0.151. The first-order chi connectivity index (χ1) is 10.6. The molecule has 7 nitrogen and oxygen atoms in total. The minimum Gasteiger partial charge on any atom is -0.366 e. The Hall–Kier alpha value is -1.44. The number of nitrogens with zero attached hydrogens (tertiary/aromatic N) is 5. The van der Waals surface area contributed by atoms with Crippen LogP contribution in [0.5, 0.6) is 0 Å². The molecule has 3 heterocycles. The normalized spacial score (nSPS) is 28.0. The molecule has 1 aromatic heterocycles. The number of aryl methyl sites for hydroxylation is 1. The molecule has 0 N–H and O–H groups in total. The van der Waals surface area contributed by atoms with Gasteiger partial charge in [0.25, 0.3) is 5.91 Å². The number of piperazine rings is 1. The third-order valence-electron chi connectivity index (χ3n) is 4.66. The molecular weight excluding hydrogens is 282 g/mol. The first kappa shape index (κ1) is 15.5. The molecule has 2 fully saturated rings. The number of amides is 1. The van der Waals surface area contributed by atoms with Crippen molar-refractivity contribution < 1.29 is 9.53 Å². The lowest BCUT2D eigenvalue weighted by atomic mass is 10.1. The van der Waals surface area contributed by atoms with Crippen molar-refractivity contribution in [2.24, 2.45) is 7.05 Å². The van der Waals surface area contributed by atoms with E-state index in [1.54, 1.807) is 0 Å². The summed E-state index contributed by atoms with van der Waals surface area (Å²) in [7, 11) is 6.12. The molecule has 2 aliphatic heterocycles. The quantitative estimate of drug-likeness (QED) is 0.742. The van der Waals surface area contributed by atoms with Crippen LogP contribution in [-0.2, 0) is 16.6 Å². The van der Waals surface area contributed by atoms with Crippen LogP contribution < -0.4 is 0 Å². The van der Waals surface area contributed by atoms with Crippen LogP contribution in [0.4, 0.5) is 0 Å². The van der Waals surface area contributed by atoms with Gasteiger partial charge in [-0.3, -0.25) is 9.69 Å². The molecule has 2 atom stereocenters. The molecule has 0 radical (unpaired) electrons. The van der Waals surface area contributed by atoms with Crippen LogP contribution in [0.2, 0.25) is 0 Å². The second-order valence-corrected chi connectivity index (χ2v) is 6.30. The molecule has 0 aromatic carbocycles. The summed E-state index contributed by atoms with van der Waals surface area (Å²) in [5, 5.41) is 0. The monoisotopic (exact) mass is 307 g/mol. The smallest absolute Gasteiger partial charge is 0.253 e. The second-order valence-electron chi connectivity index (χ2n) is 6.30. The maximum atomic E-state index is 12.7. The van der Waals surface area contributed by atoms with Gasteiger partial charge in [-0.15, -0.1) is 0 Å². The zero-order valence-corrected chi connectivity index (χ0v) is 13.6. The van der Waals surface area contributed by atoms with E-state index in [0.717, 1.165) is 25.5 Å². The van der Waals surface area contributed by atoms with E-state index in [1.165, 1.54) is 0 Å². The minimum absolute atomic E-state index is 0.110. The zero-order valence-electron chi connectivity index (χ0n) is 13.6. The molecule has 0 spiro atoms. The average molecular weight is 307 g/mol. The van der Waals surface area contributed by atoms with Gasteiger partial charge in [0, 0.05) is 52.2 Å². The standard InChI is InChI=1S/C15H25N5O2/c1-17-8-9-22-13(11-17)15(21)20-7-6-18(2)12(10-20)14-16-4-5-19(14)3/h4-5,12-13H,6-11H2,1-3H3/t12-,13+/m1/s1. The molecular formula is C15H25N5O2. The van der Waals surface area contributed by atoms with E-state index in [2.05, 4.69) is 21.8 Å². The summed E-state index contributed by atoms with van der Waals surface area (Å²) in [6, 6.07) is 0.138. The molecule has 1 amide bonds. The van der Waals surface area contributed by atoms with Crippen molar-refractivity contribution >= 4 is 5.91 Å². The molecule has 0 unspecified atom stereocenters. The Labute approximate surface area is 131 Å². The first-order valence-corrected chi connectivity index (χ1v) is 7.82. The lowest BCUT2D eigenvalue weighted by Gasteiger charge is -2.41. The number of ether oxygens (including phenoxy) is 1. The van der Waals surface area contributed by atoms with E-state index in [9.17, 15) is 4.79 Å². The van der Waals surface area contributed by atoms with Crippen LogP contribution in [-0.4, -0.2) is 89.7 Å². The Kier molecular flexibility index (Phi) is 4.46. The van der Waals surface area contributed by atoms with Crippen LogP contribution in [0.15, 0.2) is 12.4 Å². The van der Waals surface area contributed by atoms with Crippen molar-refractivity contribution in [2.45, 2.75) is 12.1 Å². The van der Waals surface area contributed by atoms with Crippen molar-refractivity contribution in [1.29, 1.82) is 0 Å². The SMILES string of the molecule is CN1CCO[C@H](C(=O)N2CCN(C)[C@@H](c3nccn3C)C2)C1. The number of rotatable bonds is 2.